The van der Waals surface area contributed by atoms with Crippen molar-refractivity contribution in [2.45, 2.75) is 13.5 Å². The van der Waals surface area contributed by atoms with Gasteiger partial charge in [-0.3, -0.25) is 0 Å². The summed E-state index contributed by atoms with van der Waals surface area (Å²) in [5, 5.41) is 0. The predicted octanol–water partition coefficient (Wildman–Crippen LogP) is 5.06. The summed E-state index contributed by atoms with van der Waals surface area (Å²) in [5.41, 5.74) is 5.32. The molecule has 0 radical (unpaired) electrons. The molecule has 2 aromatic carbocycles. The topological polar surface area (TPSA) is 26.3 Å². The van der Waals surface area contributed by atoms with Crippen LogP contribution < -0.4 is 0 Å². The highest BCUT2D eigenvalue weighted by atomic mass is 32.1. The summed E-state index contributed by atoms with van der Waals surface area (Å²) < 4.78 is 5.07. The van der Waals surface area contributed by atoms with Crippen LogP contribution in [-0.4, -0.2) is 5.97 Å². The number of rotatable bonds is 2. The average Bonchev–Trinajstić information content (AvgIpc) is 3.15. The van der Waals surface area contributed by atoms with E-state index in [4.69, 9.17) is 4.74 Å². The van der Waals surface area contributed by atoms with Crippen molar-refractivity contribution in [3.63, 3.8) is 0 Å². The van der Waals surface area contributed by atoms with E-state index in [0.29, 0.717) is 12.2 Å². The summed E-state index contributed by atoms with van der Waals surface area (Å²) in [6, 6.07) is 18.8. The monoisotopic (exact) mass is 306 g/mol. The van der Waals surface area contributed by atoms with Crippen LogP contribution >= 0.6 is 11.3 Å². The van der Waals surface area contributed by atoms with Crippen LogP contribution in [-0.2, 0) is 11.3 Å². The molecule has 1 aliphatic heterocycles. The second kappa shape index (κ2) is 5.11. The summed E-state index contributed by atoms with van der Waals surface area (Å²) in [6.45, 7) is 2.49. The van der Waals surface area contributed by atoms with Crippen LogP contribution in [0.2, 0.25) is 0 Å². The molecule has 0 saturated carbocycles. The highest BCUT2D eigenvalue weighted by molar-refractivity contribution is 7.18. The zero-order valence-corrected chi connectivity index (χ0v) is 12.9. The van der Waals surface area contributed by atoms with E-state index in [-0.39, 0.29) is 5.97 Å². The van der Waals surface area contributed by atoms with Gasteiger partial charge in [0.15, 0.2) is 0 Å². The van der Waals surface area contributed by atoms with Crippen molar-refractivity contribution in [3.05, 3.63) is 71.3 Å². The SMILES string of the molecule is Cc1cccc(-c2ccc(-c3ccc4c(c3)COC4=O)s2)c1. The molecule has 0 saturated heterocycles. The van der Waals surface area contributed by atoms with Gasteiger partial charge in [0.05, 0.1) is 5.56 Å². The first kappa shape index (κ1) is 13.3. The molecule has 0 unspecified atom stereocenters. The summed E-state index contributed by atoms with van der Waals surface area (Å²) in [6.07, 6.45) is 0. The van der Waals surface area contributed by atoms with E-state index in [1.54, 1.807) is 11.3 Å². The van der Waals surface area contributed by atoms with Crippen LogP contribution in [0, 0.1) is 6.92 Å². The van der Waals surface area contributed by atoms with E-state index in [2.05, 4.69) is 49.4 Å². The molecule has 108 valence electrons. The number of esters is 1. The molecule has 1 aromatic heterocycles. The minimum Gasteiger partial charge on any atom is -0.457 e. The van der Waals surface area contributed by atoms with Gasteiger partial charge in [-0.1, -0.05) is 35.9 Å². The third kappa shape index (κ3) is 2.24. The van der Waals surface area contributed by atoms with Crippen molar-refractivity contribution in [3.8, 4) is 20.9 Å². The van der Waals surface area contributed by atoms with Gasteiger partial charge in [0, 0.05) is 15.3 Å². The second-order valence-electron chi connectivity index (χ2n) is 5.48. The largest absolute Gasteiger partial charge is 0.457 e. The zero-order chi connectivity index (χ0) is 15.1. The number of aryl methyl sites for hydroxylation is 1. The fraction of sp³-hybridized carbons (Fsp3) is 0.105. The number of hydrogen-bond donors (Lipinski definition) is 0. The van der Waals surface area contributed by atoms with Gasteiger partial charge in [0.2, 0.25) is 0 Å². The number of hydrogen-bond acceptors (Lipinski definition) is 3. The lowest BCUT2D eigenvalue weighted by Gasteiger charge is -2.01. The number of fused-ring (bicyclic) bond motifs is 1. The van der Waals surface area contributed by atoms with Gasteiger partial charge in [0.25, 0.3) is 0 Å². The van der Waals surface area contributed by atoms with E-state index >= 15 is 0 Å². The molecule has 3 heteroatoms. The number of benzene rings is 2. The van der Waals surface area contributed by atoms with Crippen LogP contribution in [0.4, 0.5) is 0 Å². The van der Waals surface area contributed by atoms with Crippen molar-refractivity contribution in [1.82, 2.24) is 0 Å². The minimum atomic E-state index is -0.215. The Balaban J connectivity index is 1.71. The Bertz CT molecular complexity index is 877. The van der Waals surface area contributed by atoms with Crippen LogP contribution in [0.25, 0.3) is 20.9 Å². The van der Waals surface area contributed by atoms with Crippen molar-refractivity contribution in [2.24, 2.45) is 0 Å². The highest BCUT2D eigenvalue weighted by Gasteiger charge is 2.21. The smallest absolute Gasteiger partial charge is 0.338 e. The number of thiophene rings is 1. The molecule has 3 aromatic rings. The van der Waals surface area contributed by atoms with Gasteiger partial charge >= 0.3 is 5.97 Å². The Morgan fingerprint density at radius 1 is 0.955 bits per heavy atom. The van der Waals surface area contributed by atoms with E-state index in [0.717, 1.165) is 11.1 Å². The molecule has 0 bridgehead atoms. The molecular formula is C19H14O2S. The van der Waals surface area contributed by atoms with Crippen molar-refractivity contribution < 1.29 is 9.53 Å². The fourth-order valence-electron chi connectivity index (χ4n) is 2.73. The molecule has 0 N–H and O–H groups in total. The molecule has 0 fully saturated rings. The first-order chi connectivity index (χ1) is 10.7. The zero-order valence-electron chi connectivity index (χ0n) is 12.1. The van der Waals surface area contributed by atoms with Crippen LogP contribution in [0.15, 0.2) is 54.6 Å². The van der Waals surface area contributed by atoms with Crippen molar-refractivity contribution >= 4 is 17.3 Å². The Hall–Kier alpha value is -2.39. The van der Waals surface area contributed by atoms with Crippen LogP contribution in [0.5, 0.6) is 0 Å². The molecule has 0 spiro atoms. The Morgan fingerprint density at radius 2 is 1.73 bits per heavy atom. The molecule has 4 rings (SSSR count). The van der Waals surface area contributed by atoms with E-state index in [1.165, 1.54) is 20.9 Å². The lowest BCUT2D eigenvalue weighted by Crippen LogP contribution is -1.92. The standard InChI is InChI=1S/C19H14O2S/c1-12-3-2-4-13(9-12)17-7-8-18(22-17)14-5-6-16-15(10-14)11-21-19(16)20/h2-10H,11H2,1H3. The van der Waals surface area contributed by atoms with Gasteiger partial charge in [0.1, 0.15) is 6.61 Å². The maximum atomic E-state index is 11.5. The average molecular weight is 306 g/mol. The Morgan fingerprint density at radius 3 is 2.50 bits per heavy atom. The maximum absolute atomic E-state index is 11.5. The summed E-state index contributed by atoms with van der Waals surface area (Å²) in [4.78, 5) is 14.0. The minimum absolute atomic E-state index is 0.215. The lowest BCUT2D eigenvalue weighted by atomic mass is 10.1. The van der Waals surface area contributed by atoms with Gasteiger partial charge in [-0.15, -0.1) is 11.3 Å². The molecule has 22 heavy (non-hydrogen) atoms. The first-order valence-electron chi connectivity index (χ1n) is 7.18. The number of ether oxygens (including phenoxy) is 1. The molecule has 0 amide bonds. The molecule has 0 aliphatic carbocycles. The summed E-state index contributed by atoms with van der Waals surface area (Å²) in [7, 11) is 0. The second-order valence-corrected chi connectivity index (χ2v) is 6.57. The quantitative estimate of drug-likeness (QED) is 0.618. The third-order valence-corrected chi connectivity index (χ3v) is 5.06. The maximum Gasteiger partial charge on any atom is 0.338 e. The summed E-state index contributed by atoms with van der Waals surface area (Å²) >= 11 is 1.77. The van der Waals surface area contributed by atoms with Gasteiger partial charge in [-0.05, 0) is 42.3 Å². The van der Waals surface area contributed by atoms with Crippen LogP contribution in [0.1, 0.15) is 21.5 Å². The predicted molar refractivity (Wildman–Crippen MR) is 89.0 cm³/mol. The van der Waals surface area contributed by atoms with Crippen LogP contribution in [0.3, 0.4) is 0 Å². The van der Waals surface area contributed by atoms with Gasteiger partial charge in [-0.2, -0.15) is 0 Å². The van der Waals surface area contributed by atoms with Crippen molar-refractivity contribution in [1.29, 1.82) is 0 Å². The fourth-order valence-corrected chi connectivity index (χ4v) is 3.73. The molecule has 1 aliphatic rings. The van der Waals surface area contributed by atoms with Crippen molar-refractivity contribution in [2.75, 3.05) is 0 Å². The molecule has 2 nitrogen and oxygen atoms in total. The van der Waals surface area contributed by atoms with E-state index < -0.39 is 0 Å². The Labute approximate surface area is 133 Å². The number of carbonyl (C=O) groups excluding carboxylic acids is 1. The molecule has 0 atom stereocenters. The highest BCUT2D eigenvalue weighted by Crippen LogP contribution is 2.36. The van der Waals surface area contributed by atoms with E-state index in [1.807, 2.05) is 12.1 Å². The number of carbonyl (C=O) groups is 1. The Kier molecular flexibility index (Phi) is 3.09. The first-order valence-corrected chi connectivity index (χ1v) is 8.00. The summed E-state index contributed by atoms with van der Waals surface area (Å²) in [5.74, 6) is -0.215. The van der Waals surface area contributed by atoms with Gasteiger partial charge < -0.3 is 4.74 Å². The number of cyclic esters (lactones) is 1. The van der Waals surface area contributed by atoms with Gasteiger partial charge in [-0.25, -0.2) is 4.79 Å². The lowest BCUT2D eigenvalue weighted by molar-refractivity contribution is 0.0535. The van der Waals surface area contributed by atoms with E-state index in [9.17, 15) is 4.79 Å². The normalized spacial score (nSPS) is 13.0. The molecule has 2 heterocycles. The molecular weight excluding hydrogens is 292 g/mol. The third-order valence-electron chi connectivity index (χ3n) is 3.88.